The number of hydrogen-bond acceptors (Lipinski definition) is 6. The summed E-state index contributed by atoms with van der Waals surface area (Å²) in [7, 11) is 0. The monoisotopic (exact) mass is 414 g/mol. The number of nitrogens with one attached hydrogen (secondary N) is 2. The SMILES string of the molecule is C[C@H](OC(=O)C1=C(Nc2ccccc2)OCC1=O)C(=O)NCc1ccccc1Cl. The maximum Gasteiger partial charge on any atom is 0.348 e. The van der Waals surface area contributed by atoms with Crippen LogP contribution in [0.25, 0.3) is 0 Å². The van der Waals surface area contributed by atoms with Gasteiger partial charge in [0.25, 0.3) is 5.91 Å². The minimum absolute atomic E-state index is 0.00914. The predicted molar refractivity (Wildman–Crippen MR) is 107 cm³/mol. The molecule has 0 saturated heterocycles. The van der Waals surface area contributed by atoms with Gasteiger partial charge in [0, 0.05) is 17.3 Å². The van der Waals surface area contributed by atoms with Gasteiger partial charge >= 0.3 is 5.97 Å². The quantitative estimate of drug-likeness (QED) is 0.534. The minimum Gasteiger partial charge on any atom is -0.470 e. The second kappa shape index (κ2) is 9.25. The fraction of sp³-hybridized carbons (Fsp3) is 0.190. The standard InChI is InChI=1S/C21H19ClN2O5/c1-13(19(26)23-11-14-7-5-6-10-16(14)22)29-21(27)18-17(25)12-28-20(18)24-15-8-3-2-4-9-15/h2-10,13,24H,11-12H2,1H3,(H,23,26)/t13-/m0/s1. The molecular formula is C21H19ClN2O5. The summed E-state index contributed by atoms with van der Waals surface area (Å²) in [6.45, 7) is 1.34. The summed E-state index contributed by atoms with van der Waals surface area (Å²) in [6.07, 6.45) is -1.11. The van der Waals surface area contributed by atoms with Gasteiger partial charge in [-0.2, -0.15) is 0 Å². The van der Waals surface area contributed by atoms with Crippen molar-refractivity contribution < 1.29 is 23.9 Å². The highest BCUT2D eigenvalue weighted by atomic mass is 35.5. The summed E-state index contributed by atoms with van der Waals surface area (Å²) in [4.78, 5) is 36.8. The number of benzene rings is 2. The molecule has 0 aromatic heterocycles. The first kappa shape index (κ1) is 20.4. The molecule has 1 aliphatic rings. The van der Waals surface area contributed by atoms with E-state index in [1.54, 1.807) is 48.5 Å². The molecule has 29 heavy (non-hydrogen) atoms. The van der Waals surface area contributed by atoms with Gasteiger partial charge in [0.2, 0.25) is 11.7 Å². The zero-order valence-electron chi connectivity index (χ0n) is 15.6. The van der Waals surface area contributed by atoms with E-state index in [-0.39, 0.29) is 24.6 Å². The van der Waals surface area contributed by atoms with Crippen molar-refractivity contribution in [3.05, 3.63) is 76.6 Å². The summed E-state index contributed by atoms with van der Waals surface area (Å²) in [5, 5.41) is 6.05. The average molecular weight is 415 g/mol. The first-order chi connectivity index (χ1) is 14.0. The van der Waals surface area contributed by atoms with Gasteiger partial charge in [-0.05, 0) is 30.7 Å². The molecule has 1 amide bonds. The van der Waals surface area contributed by atoms with Gasteiger partial charge in [-0.15, -0.1) is 0 Å². The van der Waals surface area contributed by atoms with Crippen LogP contribution < -0.4 is 10.6 Å². The Morgan fingerprint density at radius 3 is 2.55 bits per heavy atom. The highest BCUT2D eigenvalue weighted by Gasteiger charge is 2.34. The number of rotatable bonds is 7. The zero-order valence-corrected chi connectivity index (χ0v) is 16.4. The van der Waals surface area contributed by atoms with Crippen LogP contribution in [-0.4, -0.2) is 30.4 Å². The first-order valence-corrected chi connectivity index (χ1v) is 9.28. The van der Waals surface area contributed by atoms with E-state index >= 15 is 0 Å². The van der Waals surface area contributed by atoms with Crippen molar-refractivity contribution in [2.24, 2.45) is 0 Å². The topological polar surface area (TPSA) is 93.7 Å². The van der Waals surface area contributed by atoms with E-state index in [0.29, 0.717) is 10.7 Å². The van der Waals surface area contributed by atoms with Crippen molar-refractivity contribution in [1.29, 1.82) is 0 Å². The number of amides is 1. The van der Waals surface area contributed by atoms with E-state index in [2.05, 4.69) is 10.6 Å². The molecule has 1 heterocycles. The molecule has 2 N–H and O–H groups in total. The number of esters is 1. The molecule has 0 unspecified atom stereocenters. The third-order valence-corrected chi connectivity index (χ3v) is 4.52. The van der Waals surface area contributed by atoms with Crippen LogP contribution >= 0.6 is 11.6 Å². The molecule has 3 rings (SSSR count). The fourth-order valence-corrected chi connectivity index (χ4v) is 2.81. The number of anilines is 1. The number of ether oxygens (including phenoxy) is 2. The van der Waals surface area contributed by atoms with Gasteiger partial charge in [0.15, 0.2) is 18.3 Å². The molecule has 1 atom stereocenters. The van der Waals surface area contributed by atoms with E-state index in [1.165, 1.54) is 6.92 Å². The maximum absolute atomic E-state index is 12.5. The summed E-state index contributed by atoms with van der Waals surface area (Å²) >= 11 is 6.06. The lowest BCUT2D eigenvalue weighted by Gasteiger charge is -2.14. The third kappa shape index (κ3) is 5.14. The van der Waals surface area contributed by atoms with Crippen LogP contribution in [0.4, 0.5) is 5.69 Å². The number of ketones is 1. The van der Waals surface area contributed by atoms with Gasteiger partial charge < -0.3 is 20.1 Å². The fourth-order valence-electron chi connectivity index (χ4n) is 2.61. The molecule has 0 bridgehead atoms. The molecule has 1 aliphatic heterocycles. The largest absolute Gasteiger partial charge is 0.470 e. The Hall–Kier alpha value is -3.32. The molecular weight excluding hydrogens is 396 g/mol. The Bertz CT molecular complexity index is 959. The number of halogens is 1. The van der Waals surface area contributed by atoms with Crippen LogP contribution in [0.2, 0.25) is 5.02 Å². The Morgan fingerprint density at radius 2 is 1.83 bits per heavy atom. The summed E-state index contributed by atoms with van der Waals surface area (Å²) < 4.78 is 10.4. The van der Waals surface area contributed by atoms with E-state index in [1.807, 2.05) is 6.07 Å². The average Bonchev–Trinajstić information content (AvgIpc) is 3.08. The second-order valence-corrected chi connectivity index (χ2v) is 6.67. The van der Waals surface area contributed by atoms with Crippen molar-refractivity contribution >= 4 is 34.9 Å². The molecule has 2 aromatic carbocycles. The highest BCUT2D eigenvalue weighted by molar-refractivity contribution is 6.31. The molecule has 0 spiro atoms. The van der Waals surface area contributed by atoms with Crippen LogP contribution in [0.15, 0.2) is 66.1 Å². The van der Waals surface area contributed by atoms with Crippen molar-refractivity contribution in [2.45, 2.75) is 19.6 Å². The molecule has 0 saturated carbocycles. The van der Waals surface area contributed by atoms with Gasteiger partial charge in [-0.3, -0.25) is 9.59 Å². The molecule has 0 radical (unpaired) electrons. The molecule has 7 nitrogen and oxygen atoms in total. The Balaban J connectivity index is 1.62. The molecule has 150 valence electrons. The summed E-state index contributed by atoms with van der Waals surface area (Å²) in [6, 6.07) is 16.0. The predicted octanol–water partition coefficient (Wildman–Crippen LogP) is 2.81. The van der Waals surface area contributed by atoms with Gasteiger partial charge in [-0.25, -0.2) is 4.79 Å². The Morgan fingerprint density at radius 1 is 1.14 bits per heavy atom. The second-order valence-electron chi connectivity index (χ2n) is 6.26. The van der Waals surface area contributed by atoms with Crippen LogP contribution in [0.5, 0.6) is 0 Å². The smallest absolute Gasteiger partial charge is 0.348 e. The van der Waals surface area contributed by atoms with Crippen molar-refractivity contribution in [3.63, 3.8) is 0 Å². The number of hydrogen-bond donors (Lipinski definition) is 2. The van der Waals surface area contributed by atoms with Crippen molar-refractivity contribution in [3.8, 4) is 0 Å². The zero-order chi connectivity index (χ0) is 20.8. The van der Waals surface area contributed by atoms with Gasteiger partial charge in [0.05, 0.1) is 0 Å². The van der Waals surface area contributed by atoms with Gasteiger partial charge in [-0.1, -0.05) is 48.0 Å². The molecule has 8 heteroatoms. The molecule has 2 aromatic rings. The summed E-state index contributed by atoms with van der Waals surface area (Å²) in [5.74, 6) is -1.94. The minimum atomic E-state index is -1.11. The van der Waals surface area contributed by atoms with E-state index < -0.39 is 23.8 Å². The lowest BCUT2D eigenvalue weighted by molar-refractivity contribution is -0.151. The number of carbonyl (C=O) groups excluding carboxylic acids is 3. The van der Waals surface area contributed by atoms with Crippen LogP contribution in [0.3, 0.4) is 0 Å². The van der Waals surface area contributed by atoms with E-state index in [0.717, 1.165) is 5.56 Å². The maximum atomic E-state index is 12.5. The van der Waals surface area contributed by atoms with E-state index in [4.69, 9.17) is 21.1 Å². The Labute approximate surface area is 172 Å². The molecule has 0 aliphatic carbocycles. The Kier molecular flexibility index (Phi) is 6.51. The van der Waals surface area contributed by atoms with Crippen LogP contribution in [0.1, 0.15) is 12.5 Å². The normalized spacial score (nSPS) is 14.2. The number of carbonyl (C=O) groups is 3. The van der Waals surface area contributed by atoms with Gasteiger partial charge in [0.1, 0.15) is 0 Å². The van der Waals surface area contributed by atoms with Crippen LogP contribution in [-0.2, 0) is 30.4 Å². The van der Waals surface area contributed by atoms with Crippen molar-refractivity contribution in [1.82, 2.24) is 5.32 Å². The number of para-hydroxylation sites is 1. The van der Waals surface area contributed by atoms with Crippen LogP contribution in [0, 0.1) is 0 Å². The van der Waals surface area contributed by atoms with E-state index in [9.17, 15) is 14.4 Å². The highest BCUT2D eigenvalue weighted by Crippen LogP contribution is 2.21. The lowest BCUT2D eigenvalue weighted by atomic mass is 10.2. The number of Topliss-reactive ketones (excluding diaryl/α,β-unsaturated/α-hetero) is 1. The molecule has 0 fully saturated rings. The third-order valence-electron chi connectivity index (χ3n) is 4.15. The van der Waals surface area contributed by atoms with Crippen molar-refractivity contribution in [2.75, 3.05) is 11.9 Å². The summed E-state index contributed by atoms with van der Waals surface area (Å²) in [5.41, 5.74) is 1.13. The lowest BCUT2D eigenvalue weighted by Crippen LogP contribution is -2.36. The first-order valence-electron chi connectivity index (χ1n) is 8.90.